The maximum Gasteiger partial charge on any atom is 0.330 e. The van der Waals surface area contributed by atoms with E-state index in [1.807, 2.05) is 41.5 Å². The highest BCUT2D eigenvalue weighted by atomic mass is 16.5. The van der Waals surface area contributed by atoms with Crippen molar-refractivity contribution < 1.29 is 19.4 Å². The van der Waals surface area contributed by atoms with Crippen LogP contribution in [0, 0.1) is 16.7 Å². The van der Waals surface area contributed by atoms with E-state index >= 15 is 0 Å². The Morgan fingerprint density at radius 2 is 1.67 bits per heavy atom. The molecule has 0 aliphatic heterocycles. The highest BCUT2D eigenvalue weighted by molar-refractivity contribution is 5.81. The van der Waals surface area contributed by atoms with E-state index in [1.54, 1.807) is 0 Å². The molecule has 0 bridgehead atoms. The number of hydrogen-bond acceptors (Lipinski definition) is 4. The third kappa shape index (κ3) is 7.27. The summed E-state index contributed by atoms with van der Waals surface area (Å²) in [5, 5.41) is 12.4. The van der Waals surface area contributed by atoms with Crippen LogP contribution in [0.25, 0.3) is 0 Å². The second-order valence-electron chi connectivity index (χ2n) is 7.40. The zero-order chi connectivity index (χ0) is 16.8. The van der Waals surface area contributed by atoms with Crippen LogP contribution in [-0.4, -0.2) is 36.2 Å². The average Bonchev–Trinajstić information content (AvgIpc) is 2.29. The summed E-state index contributed by atoms with van der Waals surface area (Å²) in [4.78, 5) is 23.3. The Morgan fingerprint density at radius 1 is 1.19 bits per heavy atom. The molecule has 0 rings (SSSR count). The molecule has 1 unspecified atom stereocenters. The number of rotatable bonds is 6. The summed E-state index contributed by atoms with van der Waals surface area (Å²) in [5.41, 5.74) is -0.384. The second-order valence-corrected chi connectivity index (χ2v) is 7.40. The minimum atomic E-state index is -0.932. The molecule has 1 atom stereocenters. The lowest BCUT2D eigenvalue weighted by Crippen LogP contribution is -2.47. The van der Waals surface area contributed by atoms with Crippen LogP contribution in [0.4, 0.5) is 0 Å². The van der Waals surface area contributed by atoms with E-state index in [1.165, 1.54) is 0 Å². The lowest BCUT2D eigenvalue weighted by atomic mass is 9.66. The van der Waals surface area contributed by atoms with Gasteiger partial charge in [-0.15, -0.1) is 0 Å². The van der Waals surface area contributed by atoms with Crippen molar-refractivity contribution in [2.24, 2.45) is 16.7 Å². The van der Waals surface area contributed by atoms with Gasteiger partial charge in [0.1, 0.15) is 12.7 Å². The third-order valence-corrected chi connectivity index (χ3v) is 3.09. The Kier molecular flexibility index (Phi) is 7.10. The van der Waals surface area contributed by atoms with Gasteiger partial charge in [-0.3, -0.25) is 4.79 Å². The zero-order valence-electron chi connectivity index (χ0n) is 14.0. The van der Waals surface area contributed by atoms with Gasteiger partial charge < -0.3 is 15.2 Å². The monoisotopic (exact) mass is 299 g/mol. The molecule has 0 aromatic heterocycles. The van der Waals surface area contributed by atoms with Crippen molar-refractivity contribution >= 4 is 11.9 Å². The molecule has 0 aromatic rings. The first-order valence-corrected chi connectivity index (χ1v) is 7.14. The van der Waals surface area contributed by atoms with E-state index in [9.17, 15) is 14.7 Å². The van der Waals surface area contributed by atoms with Crippen LogP contribution in [0.3, 0.4) is 0 Å². The normalized spacial score (nSPS) is 13.7. The van der Waals surface area contributed by atoms with Crippen molar-refractivity contribution in [2.75, 3.05) is 13.2 Å². The molecule has 21 heavy (non-hydrogen) atoms. The number of carbonyl (C=O) groups excluding carboxylic acids is 2. The van der Waals surface area contributed by atoms with Gasteiger partial charge >= 0.3 is 5.97 Å². The smallest absolute Gasteiger partial charge is 0.330 e. The molecule has 1 amide bonds. The molecular weight excluding hydrogens is 270 g/mol. The van der Waals surface area contributed by atoms with Crippen molar-refractivity contribution in [3.8, 4) is 0 Å². The number of aliphatic hydroxyl groups is 1. The van der Waals surface area contributed by atoms with Gasteiger partial charge in [0.15, 0.2) is 0 Å². The molecule has 0 saturated carbocycles. The Hall–Kier alpha value is -1.36. The maximum atomic E-state index is 12.4. The van der Waals surface area contributed by atoms with Crippen molar-refractivity contribution in [1.29, 1.82) is 0 Å². The minimum absolute atomic E-state index is 0.0475. The van der Waals surface area contributed by atoms with Gasteiger partial charge in [0.05, 0.1) is 0 Å². The summed E-state index contributed by atoms with van der Waals surface area (Å²) >= 11 is 0. The van der Waals surface area contributed by atoms with Crippen LogP contribution in [0.1, 0.15) is 41.5 Å². The van der Waals surface area contributed by atoms with E-state index < -0.39 is 12.1 Å². The van der Waals surface area contributed by atoms with Crippen LogP contribution in [0.5, 0.6) is 0 Å². The molecule has 122 valence electrons. The van der Waals surface area contributed by atoms with Gasteiger partial charge in [-0.1, -0.05) is 48.1 Å². The van der Waals surface area contributed by atoms with Crippen LogP contribution in [0.2, 0.25) is 0 Å². The largest absolute Gasteiger partial charge is 0.460 e. The summed E-state index contributed by atoms with van der Waals surface area (Å²) in [6.07, 6.45) is 0.0963. The van der Waals surface area contributed by atoms with Gasteiger partial charge in [-0.05, 0) is 10.8 Å². The summed E-state index contributed by atoms with van der Waals surface area (Å²) in [6, 6.07) is 0. The van der Waals surface area contributed by atoms with Gasteiger partial charge in [-0.2, -0.15) is 0 Å². The molecule has 5 heteroatoms. The third-order valence-electron chi connectivity index (χ3n) is 3.09. The van der Waals surface area contributed by atoms with E-state index in [0.717, 1.165) is 6.08 Å². The first-order valence-electron chi connectivity index (χ1n) is 7.14. The van der Waals surface area contributed by atoms with Crippen molar-refractivity contribution in [3.63, 3.8) is 0 Å². The minimum Gasteiger partial charge on any atom is -0.460 e. The van der Waals surface area contributed by atoms with Crippen molar-refractivity contribution in [3.05, 3.63) is 12.7 Å². The molecule has 0 aliphatic rings. The van der Waals surface area contributed by atoms with Gasteiger partial charge in [-0.25, -0.2) is 4.79 Å². The molecule has 0 heterocycles. The van der Waals surface area contributed by atoms with E-state index in [-0.39, 0.29) is 35.8 Å². The van der Waals surface area contributed by atoms with E-state index in [2.05, 4.69) is 11.9 Å². The molecular formula is C16H29NO4. The number of carbonyl (C=O) groups is 2. The Balaban J connectivity index is 4.52. The van der Waals surface area contributed by atoms with Crippen LogP contribution >= 0.6 is 0 Å². The van der Waals surface area contributed by atoms with Gasteiger partial charge in [0, 0.05) is 18.5 Å². The molecule has 0 radical (unpaired) electrons. The lowest BCUT2D eigenvalue weighted by Gasteiger charge is -2.39. The predicted octanol–water partition coefficient (Wildman–Crippen LogP) is 1.90. The number of ether oxygens (including phenoxy) is 1. The van der Waals surface area contributed by atoms with Crippen LogP contribution in [0.15, 0.2) is 12.7 Å². The lowest BCUT2D eigenvalue weighted by molar-refractivity contribution is -0.140. The summed E-state index contributed by atoms with van der Waals surface area (Å²) in [5.74, 6) is -0.903. The number of nitrogens with one attached hydrogen (secondary N) is 1. The van der Waals surface area contributed by atoms with E-state index in [4.69, 9.17) is 4.74 Å². The number of esters is 1. The SMILES string of the molecule is C=CC(=O)OCC(O)CNC(=O)C(C(C)(C)C)C(C)(C)C. The molecule has 0 fully saturated rings. The predicted molar refractivity (Wildman–Crippen MR) is 82.6 cm³/mol. The number of amides is 1. The topological polar surface area (TPSA) is 75.6 Å². The number of aliphatic hydroxyl groups excluding tert-OH is 1. The fourth-order valence-corrected chi connectivity index (χ4v) is 2.70. The zero-order valence-corrected chi connectivity index (χ0v) is 14.0. The highest BCUT2D eigenvalue weighted by Gasteiger charge is 2.40. The number of hydrogen-bond donors (Lipinski definition) is 2. The van der Waals surface area contributed by atoms with Crippen LogP contribution < -0.4 is 5.32 Å². The fraction of sp³-hybridized carbons (Fsp3) is 0.750. The fourth-order valence-electron chi connectivity index (χ4n) is 2.70. The van der Waals surface area contributed by atoms with Crippen molar-refractivity contribution in [1.82, 2.24) is 5.32 Å². The Morgan fingerprint density at radius 3 is 2.05 bits per heavy atom. The van der Waals surface area contributed by atoms with Gasteiger partial charge in [0.2, 0.25) is 5.91 Å². The first-order chi connectivity index (χ1) is 9.39. The molecule has 0 spiro atoms. The first kappa shape index (κ1) is 19.6. The maximum absolute atomic E-state index is 12.4. The molecule has 0 aromatic carbocycles. The second kappa shape index (κ2) is 7.59. The quantitative estimate of drug-likeness (QED) is 0.580. The van der Waals surface area contributed by atoms with Crippen LogP contribution in [-0.2, 0) is 14.3 Å². The molecule has 5 nitrogen and oxygen atoms in total. The van der Waals surface area contributed by atoms with Gasteiger partial charge in [0.25, 0.3) is 0 Å². The average molecular weight is 299 g/mol. The molecule has 2 N–H and O–H groups in total. The molecule has 0 aliphatic carbocycles. The van der Waals surface area contributed by atoms with E-state index in [0.29, 0.717) is 0 Å². The Bertz CT molecular complexity index is 363. The Labute approximate surface area is 127 Å². The summed E-state index contributed by atoms with van der Waals surface area (Å²) in [6.45, 7) is 15.3. The highest BCUT2D eigenvalue weighted by Crippen LogP contribution is 2.39. The molecule has 0 saturated heterocycles. The standard InChI is InChI=1S/C16H29NO4/c1-8-12(19)21-10-11(18)9-17-14(20)13(15(2,3)4)16(5,6)7/h8,11,13,18H,1,9-10H2,2-7H3,(H,17,20). The van der Waals surface area contributed by atoms with Crippen molar-refractivity contribution in [2.45, 2.75) is 47.6 Å². The summed E-state index contributed by atoms with van der Waals surface area (Å²) in [7, 11) is 0. The summed E-state index contributed by atoms with van der Waals surface area (Å²) < 4.78 is 4.72.